The van der Waals surface area contributed by atoms with Crippen LogP contribution in [0.5, 0.6) is 0 Å². The topological polar surface area (TPSA) is 97.8 Å². The fourth-order valence-corrected chi connectivity index (χ4v) is 2.57. The minimum Gasteiger partial charge on any atom is -0.334 e. The molecule has 1 fully saturated rings. The quantitative estimate of drug-likeness (QED) is 0.867. The predicted molar refractivity (Wildman–Crippen MR) is 76.9 cm³/mol. The molecule has 3 rings (SSSR count). The van der Waals surface area contributed by atoms with E-state index in [1.165, 1.54) is 0 Å². The molecule has 0 saturated heterocycles. The number of rotatable bonds is 2. The molecule has 126 valence electrons. The summed E-state index contributed by atoms with van der Waals surface area (Å²) >= 11 is 0. The number of nitrogens with zero attached hydrogens (tertiary/aromatic N) is 2. The van der Waals surface area contributed by atoms with Crippen molar-refractivity contribution < 1.29 is 17.7 Å². The number of hydrogen-bond acceptors (Lipinski definition) is 5. The van der Waals surface area contributed by atoms with Gasteiger partial charge in [-0.1, -0.05) is 18.0 Å². The third-order valence-corrected chi connectivity index (χ3v) is 3.81. The Morgan fingerprint density at radius 3 is 2.48 bits per heavy atom. The summed E-state index contributed by atoms with van der Waals surface area (Å²) in [6.07, 6.45) is -1.32. The molecule has 0 bridgehead atoms. The Kier molecular flexibility index (Phi) is 4.54. The highest BCUT2D eigenvalue weighted by molar-refractivity contribution is 5.85. The van der Waals surface area contributed by atoms with Crippen LogP contribution in [0.4, 0.5) is 13.2 Å². The standard InChI is InChI=1S/C13H13F3N4O2.ClH/c14-13(15,16)8-4-3-7(9(21)18-8)10-19-11(20-22-10)12(17)5-1-2-6-12;/h3-4H,1-2,5-6,17H2,(H,18,21);1H. The van der Waals surface area contributed by atoms with Gasteiger partial charge in [-0.25, -0.2) is 0 Å². The van der Waals surface area contributed by atoms with Crippen molar-refractivity contribution in [2.24, 2.45) is 5.73 Å². The first-order chi connectivity index (χ1) is 10.3. The Bertz CT molecular complexity index is 750. The number of H-pyrrole nitrogens is 1. The molecule has 1 aliphatic carbocycles. The zero-order valence-electron chi connectivity index (χ0n) is 11.8. The zero-order chi connectivity index (χ0) is 16.0. The van der Waals surface area contributed by atoms with Crippen LogP contribution >= 0.6 is 12.4 Å². The van der Waals surface area contributed by atoms with Gasteiger partial charge < -0.3 is 15.2 Å². The summed E-state index contributed by atoms with van der Waals surface area (Å²) in [7, 11) is 0. The molecule has 1 saturated carbocycles. The Morgan fingerprint density at radius 1 is 1.26 bits per heavy atom. The number of halogens is 4. The van der Waals surface area contributed by atoms with Crippen LogP contribution in [0.15, 0.2) is 21.5 Å². The smallest absolute Gasteiger partial charge is 0.334 e. The van der Waals surface area contributed by atoms with Gasteiger partial charge in [0.15, 0.2) is 5.82 Å². The van der Waals surface area contributed by atoms with E-state index in [-0.39, 0.29) is 29.7 Å². The maximum absolute atomic E-state index is 12.5. The second kappa shape index (κ2) is 5.97. The summed E-state index contributed by atoms with van der Waals surface area (Å²) in [6.45, 7) is 0. The van der Waals surface area contributed by atoms with E-state index < -0.39 is 23.0 Å². The summed E-state index contributed by atoms with van der Waals surface area (Å²) < 4.78 is 42.6. The van der Waals surface area contributed by atoms with Gasteiger partial charge in [-0.3, -0.25) is 4.79 Å². The van der Waals surface area contributed by atoms with Gasteiger partial charge in [0.2, 0.25) is 0 Å². The van der Waals surface area contributed by atoms with E-state index in [0.29, 0.717) is 12.8 Å². The fourth-order valence-electron chi connectivity index (χ4n) is 2.57. The van der Waals surface area contributed by atoms with Crippen LogP contribution in [0, 0.1) is 0 Å². The van der Waals surface area contributed by atoms with Gasteiger partial charge in [0.25, 0.3) is 11.4 Å². The number of nitrogens with two attached hydrogens (primary N) is 1. The molecular weight excluding hydrogens is 337 g/mol. The summed E-state index contributed by atoms with van der Waals surface area (Å²) in [6, 6.07) is 1.77. The van der Waals surface area contributed by atoms with Crippen molar-refractivity contribution in [3.05, 3.63) is 34.0 Å². The highest BCUT2D eigenvalue weighted by Gasteiger charge is 2.36. The second-order valence-electron chi connectivity index (χ2n) is 5.40. The first-order valence-electron chi connectivity index (χ1n) is 6.74. The van der Waals surface area contributed by atoms with Crippen molar-refractivity contribution in [1.82, 2.24) is 15.1 Å². The van der Waals surface area contributed by atoms with E-state index in [0.717, 1.165) is 25.0 Å². The molecule has 1 aliphatic rings. The van der Waals surface area contributed by atoms with Gasteiger partial charge in [0.05, 0.1) is 5.54 Å². The van der Waals surface area contributed by atoms with E-state index in [4.69, 9.17) is 10.3 Å². The lowest BCUT2D eigenvalue weighted by atomic mass is 9.99. The van der Waals surface area contributed by atoms with Gasteiger partial charge >= 0.3 is 6.18 Å². The van der Waals surface area contributed by atoms with Gasteiger partial charge in [-0.2, -0.15) is 18.2 Å². The summed E-state index contributed by atoms with van der Waals surface area (Å²) in [5.74, 6) is 0.140. The van der Waals surface area contributed by atoms with E-state index in [1.807, 2.05) is 0 Å². The van der Waals surface area contributed by atoms with Crippen molar-refractivity contribution in [2.45, 2.75) is 37.4 Å². The number of aromatic nitrogens is 3. The molecule has 10 heteroatoms. The van der Waals surface area contributed by atoms with Gasteiger partial charge in [-0.05, 0) is 25.0 Å². The third kappa shape index (κ3) is 3.25. The summed E-state index contributed by atoms with van der Waals surface area (Å²) in [4.78, 5) is 17.6. The molecule has 0 radical (unpaired) electrons. The molecule has 2 heterocycles. The lowest BCUT2D eigenvalue weighted by molar-refractivity contribution is -0.141. The van der Waals surface area contributed by atoms with Crippen molar-refractivity contribution in [2.75, 3.05) is 0 Å². The van der Waals surface area contributed by atoms with Crippen molar-refractivity contribution >= 4 is 12.4 Å². The van der Waals surface area contributed by atoms with Crippen LogP contribution in [0.3, 0.4) is 0 Å². The number of hydrogen-bond donors (Lipinski definition) is 2. The second-order valence-corrected chi connectivity index (χ2v) is 5.40. The molecule has 0 spiro atoms. The lowest BCUT2D eigenvalue weighted by Gasteiger charge is -2.17. The largest absolute Gasteiger partial charge is 0.431 e. The maximum atomic E-state index is 12.5. The minimum absolute atomic E-state index is 0. The Balaban J connectivity index is 0.00000192. The number of aromatic amines is 1. The van der Waals surface area contributed by atoms with Crippen molar-refractivity contribution in [3.8, 4) is 11.5 Å². The number of pyridine rings is 1. The van der Waals surface area contributed by atoms with Crippen LogP contribution in [0.1, 0.15) is 37.2 Å². The van der Waals surface area contributed by atoms with E-state index in [9.17, 15) is 18.0 Å². The Hall–Kier alpha value is -1.87. The number of alkyl halides is 3. The van der Waals surface area contributed by atoms with Crippen LogP contribution in [0.2, 0.25) is 0 Å². The Morgan fingerprint density at radius 2 is 1.91 bits per heavy atom. The molecule has 0 unspecified atom stereocenters. The fraction of sp³-hybridized carbons (Fsp3) is 0.462. The van der Waals surface area contributed by atoms with E-state index in [2.05, 4.69) is 10.1 Å². The van der Waals surface area contributed by atoms with Gasteiger partial charge in [0.1, 0.15) is 11.3 Å². The zero-order valence-corrected chi connectivity index (χ0v) is 12.6. The SMILES string of the molecule is Cl.NC1(c2noc(-c3ccc(C(F)(F)F)[nH]c3=O)n2)CCCC1. The molecule has 2 aromatic rings. The molecule has 0 aliphatic heterocycles. The van der Waals surface area contributed by atoms with E-state index >= 15 is 0 Å². The Labute approximate surface area is 134 Å². The van der Waals surface area contributed by atoms with Crippen LogP contribution in [-0.2, 0) is 11.7 Å². The molecule has 3 N–H and O–H groups in total. The molecular formula is C13H14ClF3N4O2. The average Bonchev–Trinajstić information content (AvgIpc) is 3.07. The van der Waals surface area contributed by atoms with Crippen LogP contribution in [0.25, 0.3) is 11.5 Å². The summed E-state index contributed by atoms with van der Waals surface area (Å²) in [5.41, 5.74) is 3.29. The average molecular weight is 351 g/mol. The van der Waals surface area contributed by atoms with Crippen molar-refractivity contribution in [1.29, 1.82) is 0 Å². The van der Waals surface area contributed by atoms with Crippen molar-refractivity contribution in [3.63, 3.8) is 0 Å². The van der Waals surface area contributed by atoms with Gasteiger partial charge in [-0.15, -0.1) is 12.4 Å². The predicted octanol–water partition coefficient (Wildman–Crippen LogP) is 2.59. The molecule has 0 amide bonds. The summed E-state index contributed by atoms with van der Waals surface area (Å²) in [5, 5.41) is 3.77. The lowest BCUT2D eigenvalue weighted by Crippen LogP contribution is -2.34. The minimum atomic E-state index is -4.62. The van der Waals surface area contributed by atoms with Crippen LogP contribution < -0.4 is 11.3 Å². The van der Waals surface area contributed by atoms with E-state index in [1.54, 1.807) is 4.98 Å². The first-order valence-corrected chi connectivity index (χ1v) is 6.74. The normalized spacial score (nSPS) is 17.0. The highest BCUT2D eigenvalue weighted by Crippen LogP contribution is 2.35. The molecule has 0 aromatic carbocycles. The molecule has 2 aromatic heterocycles. The maximum Gasteiger partial charge on any atom is 0.431 e. The number of nitrogens with one attached hydrogen (secondary N) is 1. The molecule has 6 nitrogen and oxygen atoms in total. The monoisotopic (exact) mass is 350 g/mol. The van der Waals surface area contributed by atoms with Crippen LogP contribution in [-0.4, -0.2) is 15.1 Å². The third-order valence-electron chi connectivity index (χ3n) is 3.81. The molecule has 0 atom stereocenters. The van der Waals surface area contributed by atoms with Gasteiger partial charge in [0, 0.05) is 0 Å². The highest BCUT2D eigenvalue weighted by atomic mass is 35.5. The molecule has 23 heavy (non-hydrogen) atoms. The first kappa shape index (κ1) is 17.5.